The number of carbonyl (C=O) groups is 1. The van der Waals surface area contributed by atoms with E-state index in [4.69, 9.17) is 16.0 Å². The quantitative estimate of drug-likeness (QED) is 0.622. The van der Waals surface area contributed by atoms with Crippen LogP contribution in [0.1, 0.15) is 5.56 Å². The van der Waals surface area contributed by atoms with E-state index >= 15 is 0 Å². The van der Waals surface area contributed by atoms with Crippen LogP contribution in [-0.2, 0) is 17.9 Å². The fraction of sp³-hybridized carbons (Fsp3) is 0.286. The number of piperazine rings is 1. The SMILES string of the molecule is O=C(Cn1nc(-c2ccc(F)cc2)oc1=O)N1CCN(Cc2cccc(Cl)c2)CC1. The summed E-state index contributed by atoms with van der Waals surface area (Å²) in [4.78, 5) is 28.6. The third-order valence-corrected chi connectivity index (χ3v) is 5.24. The summed E-state index contributed by atoms with van der Waals surface area (Å²) in [5.41, 5.74) is 1.60. The van der Waals surface area contributed by atoms with Crippen molar-refractivity contribution in [1.29, 1.82) is 0 Å². The van der Waals surface area contributed by atoms with Crippen molar-refractivity contribution in [3.8, 4) is 11.5 Å². The molecule has 0 N–H and O–H groups in total. The molecule has 4 rings (SSSR count). The molecular weight excluding hydrogens is 411 g/mol. The highest BCUT2D eigenvalue weighted by atomic mass is 35.5. The van der Waals surface area contributed by atoms with Gasteiger partial charge < -0.3 is 9.32 Å². The highest BCUT2D eigenvalue weighted by molar-refractivity contribution is 6.30. The third-order valence-electron chi connectivity index (χ3n) is 5.00. The molecule has 156 valence electrons. The molecule has 0 radical (unpaired) electrons. The first kappa shape index (κ1) is 20.3. The summed E-state index contributed by atoms with van der Waals surface area (Å²) in [6, 6.07) is 13.2. The Morgan fingerprint density at radius 2 is 1.83 bits per heavy atom. The number of aromatic nitrogens is 2. The molecule has 1 aromatic heterocycles. The lowest BCUT2D eigenvalue weighted by Gasteiger charge is -2.34. The van der Waals surface area contributed by atoms with Crippen LogP contribution in [0.25, 0.3) is 11.5 Å². The Kier molecular flexibility index (Phi) is 5.96. The Morgan fingerprint density at radius 3 is 2.53 bits per heavy atom. The Labute approximate surface area is 177 Å². The van der Waals surface area contributed by atoms with Gasteiger partial charge in [-0.05, 0) is 42.0 Å². The van der Waals surface area contributed by atoms with E-state index in [1.807, 2.05) is 24.3 Å². The maximum atomic E-state index is 13.1. The summed E-state index contributed by atoms with van der Waals surface area (Å²) in [6.07, 6.45) is 0. The van der Waals surface area contributed by atoms with Crippen LogP contribution in [0.15, 0.2) is 57.7 Å². The predicted octanol–water partition coefficient (Wildman–Crippen LogP) is 2.64. The molecule has 0 spiro atoms. The molecule has 1 aliphatic rings. The molecule has 0 saturated carbocycles. The minimum Gasteiger partial charge on any atom is -0.388 e. The van der Waals surface area contributed by atoms with Gasteiger partial charge in [0.05, 0.1) is 0 Å². The monoisotopic (exact) mass is 430 g/mol. The van der Waals surface area contributed by atoms with Gasteiger partial charge in [-0.2, -0.15) is 4.68 Å². The Bertz CT molecular complexity index is 1090. The van der Waals surface area contributed by atoms with Crippen molar-refractivity contribution in [3.05, 3.63) is 75.5 Å². The van der Waals surface area contributed by atoms with Gasteiger partial charge in [-0.1, -0.05) is 23.7 Å². The van der Waals surface area contributed by atoms with E-state index < -0.39 is 11.6 Å². The molecule has 1 fully saturated rings. The van der Waals surface area contributed by atoms with Crippen molar-refractivity contribution >= 4 is 17.5 Å². The van der Waals surface area contributed by atoms with Gasteiger partial charge in [0.2, 0.25) is 11.8 Å². The van der Waals surface area contributed by atoms with E-state index in [1.165, 1.54) is 24.3 Å². The molecule has 2 heterocycles. The molecule has 0 unspecified atom stereocenters. The molecule has 0 bridgehead atoms. The Hall–Kier alpha value is -2.97. The second-order valence-corrected chi connectivity index (χ2v) is 7.56. The van der Waals surface area contributed by atoms with E-state index in [-0.39, 0.29) is 18.3 Å². The standard InChI is InChI=1S/C21H20ClFN4O3/c22-17-3-1-2-15(12-17)13-25-8-10-26(11-9-25)19(28)14-27-21(29)30-20(24-27)16-4-6-18(23)7-5-16/h1-7,12H,8-11,13-14H2. The van der Waals surface area contributed by atoms with Crippen LogP contribution in [0.3, 0.4) is 0 Å². The maximum absolute atomic E-state index is 13.1. The van der Waals surface area contributed by atoms with Crippen molar-refractivity contribution in [1.82, 2.24) is 19.6 Å². The second kappa shape index (κ2) is 8.81. The first-order chi connectivity index (χ1) is 14.5. The van der Waals surface area contributed by atoms with Crippen molar-refractivity contribution in [2.24, 2.45) is 0 Å². The largest absolute Gasteiger partial charge is 0.437 e. The summed E-state index contributed by atoms with van der Waals surface area (Å²) < 4.78 is 19.2. The molecule has 7 nitrogen and oxygen atoms in total. The van der Waals surface area contributed by atoms with Crippen LogP contribution in [0.2, 0.25) is 5.02 Å². The summed E-state index contributed by atoms with van der Waals surface area (Å²) >= 11 is 6.04. The zero-order chi connectivity index (χ0) is 21.1. The minimum atomic E-state index is -0.720. The molecule has 3 aromatic rings. The number of nitrogens with zero attached hydrogens (tertiary/aromatic N) is 4. The van der Waals surface area contributed by atoms with Gasteiger partial charge in [-0.25, -0.2) is 9.18 Å². The van der Waals surface area contributed by atoms with E-state index in [1.54, 1.807) is 4.90 Å². The van der Waals surface area contributed by atoms with Crippen molar-refractivity contribution in [2.45, 2.75) is 13.1 Å². The molecule has 1 aliphatic heterocycles. The number of hydrogen-bond acceptors (Lipinski definition) is 5. The van der Waals surface area contributed by atoms with E-state index in [2.05, 4.69) is 10.00 Å². The van der Waals surface area contributed by atoms with Gasteiger partial charge in [-0.3, -0.25) is 9.69 Å². The van der Waals surface area contributed by atoms with Crippen molar-refractivity contribution in [2.75, 3.05) is 26.2 Å². The number of rotatable bonds is 5. The molecule has 9 heteroatoms. The van der Waals surface area contributed by atoms with Crippen molar-refractivity contribution < 1.29 is 13.6 Å². The van der Waals surface area contributed by atoms with E-state index in [0.29, 0.717) is 23.7 Å². The van der Waals surface area contributed by atoms with Crippen LogP contribution in [0.4, 0.5) is 4.39 Å². The Morgan fingerprint density at radius 1 is 1.10 bits per heavy atom. The average molecular weight is 431 g/mol. The molecular formula is C21H20ClFN4O3. The maximum Gasteiger partial charge on any atom is 0.437 e. The normalized spacial score (nSPS) is 14.8. The van der Waals surface area contributed by atoms with Gasteiger partial charge >= 0.3 is 5.76 Å². The lowest BCUT2D eigenvalue weighted by atomic mass is 10.2. The molecule has 0 aliphatic carbocycles. The first-order valence-corrected chi connectivity index (χ1v) is 9.94. The van der Waals surface area contributed by atoms with Crippen LogP contribution >= 0.6 is 11.6 Å². The highest BCUT2D eigenvalue weighted by Crippen LogP contribution is 2.16. The zero-order valence-electron chi connectivity index (χ0n) is 16.1. The van der Waals surface area contributed by atoms with E-state index in [9.17, 15) is 14.0 Å². The van der Waals surface area contributed by atoms with Crippen LogP contribution in [0, 0.1) is 5.82 Å². The second-order valence-electron chi connectivity index (χ2n) is 7.12. The van der Waals surface area contributed by atoms with Crippen LogP contribution in [0.5, 0.6) is 0 Å². The summed E-state index contributed by atoms with van der Waals surface area (Å²) in [6.45, 7) is 3.16. The molecule has 30 heavy (non-hydrogen) atoms. The van der Waals surface area contributed by atoms with Gasteiger partial charge in [0.1, 0.15) is 12.4 Å². The fourth-order valence-electron chi connectivity index (χ4n) is 3.39. The first-order valence-electron chi connectivity index (χ1n) is 9.56. The van der Waals surface area contributed by atoms with Gasteiger partial charge in [0.15, 0.2) is 0 Å². The number of benzene rings is 2. The van der Waals surface area contributed by atoms with Gasteiger partial charge in [0, 0.05) is 43.3 Å². The summed E-state index contributed by atoms with van der Waals surface area (Å²) in [5.74, 6) is -1.26. The lowest BCUT2D eigenvalue weighted by Crippen LogP contribution is -2.49. The minimum absolute atomic E-state index is 0.0548. The highest BCUT2D eigenvalue weighted by Gasteiger charge is 2.23. The average Bonchev–Trinajstić information content (AvgIpc) is 3.09. The number of carbonyl (C=O) groups excluding carboxylic acids is 1. The lowest BCUT2D eigenvalue weighted by molar-refractivity contribution is -0.134. The fourth-order valence-corrected chi connectivity index (χ4v) is 3.61. The topological polar surface area (TPSA) is 71.6 Å². The predicted molar refractivity (Wildman–Crippen MR) is 109 cm³/mol. The van der Waals surface area contributed by atoms with E-state index in [0.717, 1.165) is 29.9 Å². The van der Waals surface area contributed by atoms with Crippen molar-refractivity contribution in [3.63, 3.8) is 0 Å². The van der Waals surface area contributed by atoms with Gasteiger partial charge in [-0.15, -0.1) is 5.10 Å². The number of halogens is 2. The molecule has 1 amide bonds. The molecule has 1 saturated heterocycles. The van der Waals surface area contributed by atoms with Crippen LogP contribution in [-0.4, -0.2) is 51.7 Å². The molecule has 2 aromatic carbocycles. The Balaban J connectivity index is 1.34. The smallest absolute Gasteiger partial charge is 0.388 e. The zero-order valence-corrected chi connectivity index (χ0v) is 16.9. The van der Waals surface area contributed by atoms with Gasteiger partial charge in [0.25, 0.3) is 0 Å². The third kappa shape index (κ3) is 4.77. The summed E-state index contributed by atoms with van der Waals surface area (Å²) in [7, 11) is 0. The van der Waals surface area contributed by atoms with Crippen LogP contribution < -0.4 is 5.76 Å². The number of amides is 1. The molecule has 0 atom stereocenters. The number of hydrogen-bond donors (Lipinski definition) is 0. The summed E-state index contributed by atoms with van der Waals surface area (Å²) in [5, 5.41) is 4.78.